The molecule has 1 N–H and O–H groups in total. The Balaban J connectivity index is 1.46. The molecular formula is C19H25N5O. The molecule has 6 heteroatoms. The third-order valence-electron chi connectivity index (χ3n) is 4.31. The average Bonchev–Trinajstić information content (AvgIpc) is 2.64. The van der Waals surface area contributed by atoms with E-state index in [-0.39, 0.29) is 5.91 Å². The van der Waals surface area contributed by atoms with Crippen molar-refractivity contribution >= 4 is 17.5 Å². The highest BCUT2D eigenvalue weighted by Crippen LogP contribution is 2.12. The van der Waals surface area contributed by atoms with Crippen LogP contribution in [0, 0.1) is 0 Å². The van der Waals surface area contributed by atoms with Crippen LogP contribution in [0.1, 0.15) is 18.9 Å². The summed E-state index contributed by atoms with van der Waals surface area (Å²) in [6.45, 7) is 5.92. The first-order chi connectivity index (χ1) is 12.2. The van der Waals surface area contributed by atoms with Gasteiger partial charge in [0.05, 0.1) is 6.54 Å². The van der Waals surface area contributed by atoms with Crippen LogP contribution >= 0.6 is 0 Å². The molecule has 132 valence electrons. The maximum absolute atomic E-state index is 12.1. The number of amides is 1. The summed E-state index contributed by atoms with van der Waals surface area (Å²) in [6, 6.07) is 9.57. The van der Waals surface area contributed by atoms with Crippen molar-refractivity contribution in [2.45, 2.75) is 19.8 Å². The molecule has 0 radical (unpaired) electrons. The predicted octanol–water partition coefficient (Wildman–Crippen LogP) is 2.19. The van der Waals surface area contributed by atoms with Crippen molar-refractivity contribution in [3.63, 3.8) is 0 Å². The molecule has 0 spiro atoms. The van der Waals surface area contributed by atoms with Crippen LogP contribution in [0.2, 0.25) is 0 Å². The number of carbonyl (C=O) groups excluding carboxylic acids is 1. The van der Waals surface area contributed by atoms with Gasteiger partial charge in [0.25, 0.3) is 0 Å². The molecule has 1 saturated heterocycles. The summed E-state index contributed by atoms with van der Waals surface area (Å²) < 4.78 is 0. The van der Waals surface area contributed by atoms with Crippen LogP contribution in [0.15, 0.2) is 42.7 Å². The molecule has 0 unspecified atom stereocenters. The monoisotopic (exact) mass is 339 g/mol. The number of anilines is 2. The van der Waals surface area contributed by atoms with Crippen LogP contribution in [-0.2, 0) is 11.2 Å². The summed E-state index contributed by atoms with van der Waals surface area (Å²) in [5.74, 6) is 0.813. The van der Waals surface area contributed by atoms with Crippen LogP contribution in [0.5, 0.6) is 0 Å². The number of aromatic nitrogens is 2. The minimum absolute atomic E-state index is 0.0276. The number of piperazine rings is 1. The largest absolute Gasteiger partial charge is 0.338 e. The maximum atomic E-state index is 12.1. The number of nitrogens with zero attached hydrogens (tertiary/aromatic N) is 4. The van der Waals surface area contributed by atoms with Crippen molar-refractivity contribution in [3.8, 4) is 0 Å². The van der Waals surface area contributed by atoms with Crippen LogP contribution in [0.3, 0.4) is 0 Å². The van der Waals surface area contributed by atoms with Crippen molar-refractivity contribution in [1.82, 2.24) is 14.9 Å². The van der Waals surface area contributed by atoms with Crippen LogP contribution in [0.25, 0.3) is 0 Å². The van der Waals surface area contributed by atoms with Gasteiger partial charge in [0.2, 0.25) is 11.9 Å². The third-order valence-corrected chi connectivity index (χ3v) is 4.31. The normalized spacial score (nSPS) is 15.2. The van der Waals surface area contributed by atoms with E-state index < -0.39 is 0 Å². The smallest absolute Gasteiger partial charge is 0.238 e. The lowest BCUT2D eigenvalue weighted by atomic mass is 10.2. The quantitative estimate of drug-likeness (QED) is 0.874. The van der Waals surface area contributed by atoms with Gasteiger partial charge >= 0.3 is 0 Å². The lowest BCUT2D eigenvalue weighted by Gasteiger charge is -2.34. The Morgan fingerprint density at radius 2 is 1.76 bits per heavy atom. The standard InChI is InChI=1S/C19H25N5O/c1-2-6-16-13-20-19(21-14-16)24-11-9-23(10-12-24)15-18(25)22-17-7-4-3-5-8-17/h3-5,7-8,13-14H,2,6,9-12,15H2,1H3,(H,22,25). The molecule has 1 aliphatic heterocycles. The molecule has 0 atom stereocenters. The number of hydrogen-bond acceptors (Lipinski definition) is 5. The topological polar surface area (TPSA) is 61.4 Å². The second-order valence-corrected chi connectivity index (χ2v) is 6.32. The van der Waals surface area contributed by atoms with Gasteiger partial charge in [0.15, 0.2) is 0 Å². The third kappa shape index (κ3) is 5.00. The zero-order valence-electron chi connectivity index (χ0n) is 14.7. The molecule has 1 aliphatic rings. The molecule has 0 aliphatic carbocycles. The number of hydrogen-bond donors (Lipinski definition) is 1. The van der Waals surface area contributed by atoms with Crippen molar-refractivity contribution in [2.24, 2.45) is 0 Å². The summed E-state index contributed by atoms with van der Waals surface area (Å²) in [5.41, 5.74) is 2.02. The second kappa shape index (κ2) is 8.58. The summed E-state index contributed by atoms with van der Waals surface area (Å²) >= 11 is 0. The Morgan fingerprint density at radius 3 is 2.40 bits per heavy atom. The molecule has 2 heterocycles. The Labute approximate surface area is 148 Å². The Kier molecular flexibility index (Phi) is 5.95. The van der Waals surface area contributed by atoms with Gasteiger partial charge in [-0.2, -0.15) is 0 Å². The molecule has 0 bridgehead atoms. The van der Waals surface area contributed by atoms with Gasteiger partial charge in [0.1, 0.15) is 0 Å². The Bertz CT molecular complexity index is 666. The van der Waals surface area contributed by atoms with E-state index in [2.05, 4.69) is 32.0 Å². The zero-order valence-corrected chi connectivity index (χ0v) is 14.7. The SMILES string of the molecule is CCCc1cnc(N2CCN(CC(=O)Nc3ccccc3)CC2)nc1. The fraction of sp³-hybridized carbons (Fsp3) is 0.421. The van der Waals surface area contributed by atoms with E-state index in [0.29, 0.717) is 6.54 Å². The van der Waals surface area contributed by atoms with Crippen LogP contribution < -0.4 is 10.2 Å². The first-order valence-electron chi connectivity index (χ1n) is 8.87. The van der Waals surface area contributed by atoms with Crippen molar-refractivity contribution in [3.05, 3.63) is 48.3 Å². The number of nitrogens with one attached hydrogen (secondary N) is 1. The highest BCUT2D eigenvalue weighted by atomic mass is 16.2. The van der Waals surface area contributed by atoms with Crippen molar-refractivity contribution in [2.75, 3.05) is 42.9 Å². The number of carbonyl (C=O) groups is 1. The molecule has 1 aromatic carbocycles. The fourth-order valence-electron chi connectivity index (χ4n) is 2.96. The lowest BCUT2D eigenvalue weighted by molar-refractivity contribution is -0.117. The summed E-state index contributed by atoms with van der Waals surface area (Å²) in [7, 11) is 0. The second-order valence-electron chi connectivity index (χ2n) is 6.32. The summed E-state index contributed by atoms with van der Waals surface area (Å²) in [5, 5.41) is 2.93. The van der Waals surface area contributed by atoms with E-state index in [0.717, 1.165) is 50.7 Å². The van der Waals surface area contributed by atoms with E-state index >= 15 is 0 Å². The summed E-state index contributed by atoms with van der Waals surface area (Å²) in [6.07, 6.45) is 5.97. The van der Waals surface area contributed by atoms with Gasteiger partial charge in [-0.1, -0.05) is 31.5 Å². The first-order valence-corrected chi connectivity index (χ1v) is 8.87. The van der Waals surface area contributed by atoms with E-state index in [9.17, 15) is 4.79 Å². The maximum Gasteiger partial charge on any atom is 0.238 e. The number of rotatable bonds is 6. The molecule has 25 heavy (non-hydrogen) atoms. The van der Waals surface area contributed by atoms with Gasteiger partial charge < -0.3 is 10.2 Å². The highest BCUT2D eigenvalue weighted by Gasteiger charge is 2.20. The van der Waals surface area contributed by atoms with Crippen molar-refractivity contribution < 1.29 is 4.79 Å². The van der Waals surface area contributed by atoms with Crippen molar-refractivity contribution in [1.29, 1.82) is 0 Å². The van der Waals surface area contributed by atoms with Gasteiger partial charge in [0, 0.05) is 44.3 Å². The van der Waals surface area contributed by atoms with E-state index in [1.807, 2.05) is 42.7 Å². The molecule has 2 aromatic rings. The van der Waals surface area contributed by atoms with Gasteiger partial charge in [-0.25, -0.2) is 9.97 Å². The molecular weight excluding hydrogens is 314 g/mol. The Morgan fingerprint density at radius 1 is 1.08 bits per heavy atom. The molecule has 1 amide bonds. The predicted molar refractivity (Wildman–Crippen MR) is 99.8 cm³/mol. The average molecular weight is 339 g/mol. The van der Waals surface area contributed by atoms with Gasteiger partial charge in [-0.3, -0.25) is 9.69 Å². The molecule has 6 nitrogen and oxygen atoms in total. The molecule has 0 saturated carbocycles. The Hall–Kier alpha value is -2.47. The number of aryl methyl sites for hydroxylation is 1. The summed E-state index contributed by atoms with van der Waals surface area (Å²) in [4.78, 5) is 25.4. The van der Waals surface area contributed by atoms with E-state index in [1.54, 1.807) is 0 Å². The molecule has 1 aromatic heterocycles. The lowest BCUT2D eigenvalue weighted by Crippen LogP contribution is -2.49. The minimum atomic E-state index is 0.0276. The van der Waals surface area contributed by atoms with E-state index in [1.165, 1.54) is 5.56 Å². The molecule has 1 fully saturated rings. The molecule has 3 rings (SSSR count). The van der Waals surface area contributed by atoms with Crippen LogP contribution in [-0.4, -0.2) is 53.5 Å². The van der Waals surface area contributed by atoms with Gasteiger partial charge in [-0.15, -0.1) is 0 Å². The number of benzene rings is 1. The number of para-hydroxylation sites is 1. The zero-order chi connectivity index (χ0) is 17.5. The highest BCUT2D eigenvalue weighted by molar-refractivity contribution is 5.92. The van der Waals surface area contributed by atoms with E-state index in [4.69, 9.17) is 0 Å². The fourth-order valence-corrected chi connectivity index (χ4v) is 2.96. The minimum Gasteiger partial charge on any atom is -0.338 e. The van der Waals surface area contributed by atoms with Gasteiger partial charge in [-0.05, 0) is 24.1 Å². The first kappa shape index (κ1) is 17.4. The van der Waals surface area contributed by atoms with Crippen LogP contribution in [0.4, 0.5) is 11.6 Å².